The third-order valence-corrected chi connectivity index (χ3v) is 4.68. The summed E-state index contributed by atoms with van der Waals surface area (Å²) in [6.45, 7) is 0.629. The molecule has 0 heterocycles. The van der Waals surface area contributed by atoms with Crippen LogP contribution in [0.15, 0.2) is 0 Å². The van der Waals surface area contributed by atoms with Gasteiger partial charge in [0.05, 0.1) is 0 Å². The number of alkyl halides is 1. The zero-order chi connectivity index (χ0) is 11.6. The Hall–Kier alpha value is 0.537. The van der Waals surface area contributed by atoms with E-state index in [-0.39, 0.29) is 0 Å². The van der Waals surface area contributed by atoms with Gasteiger partial charge in [0.25, 0.3) is 0 Å². The number of unbranched alkanes of at least 4 members (excludes halogenated alkanes) is 3. The highest BCUT2D eigenvalue weighted by Gasteiger charge is 2.41. The van der Waals surface area contributed by atoms with Crippen molar-refractivity contribution >= 4 is 25.0 Å². The molecule has 0 saturated carbocycles. The average molecular weight is 301 g/mol. The van der Waals surface area contributed by atoms with Crippen LogP contribution in [0, 0.1) is 0 Å². The second kappa shape index (κ2) is 9.74. The third kappa shape index (κ3) is 6.65. The van der Waals surface area contributed by atoms with E-state index in [1.54, 1.807) is 21.3 Å². The molecule has 0 unspecified atom stereocenters. The van der Waals surface area contributed by atoms with Crippen molar-refractivity contribution < 1.29 is 17.7 Å². The lowest BCUT2D eigenvalue weighted by Gasteiger charge is -2.22. The van der Waals surface area contributed by atoms with E-state index >= 15 is 0 Å². The molecule has 6 heteroatoms. The predicted molar refractivity (Wildman–Crippen MR) is 65.0 cm³/mol. The standard InChI is InChI=1S/C9H21BrO4Si/c1-11-15(12-2,13-3)14-9-7-5-4-6-8-10/h4-9H2,1-3H3. The van der Waals surface area contributed by atoms with Crippen molar-refractivity contribution in [2.45, 2.75) is 25.7 Å². The lowest BCUT2D eigenvalue weighted by Crippen LogP contribution is -2.46. The maximum Gasteiger partial charge on any atom is 0.678 e. The van der Waals surface area contributed by atoms with Crippen molar-refractivity contribution in [3.05, 3.63) is 0 Å². The van der Waals surface area contributed by atoms with Crippen LogP contribution >= 0.6 is 15.9 Å². The molecule has 0 aliphatic heterocycles. The number of rotatable bonds is 10. The molecule has 0 amide bonds. The summed E-state index contributed by atoms with van der Waals surface area (Å²) in [4.78, 5) is 0. The Morgan fingerprint density at radius 3 is 1.87 bits per heavy atom. The fourth-order valence-corrected chi connectivity index (χ4v) is 2.82. The molecule has 0 aromatic carbocycles. The zero-order valence-electron chi connectivity index (χ0n) is 9.75. The summed E-state index contributed by atoms with van der Waals surface area (Å²) in [5.41, 5.74) is 0. The van der Waals surface area contributed by atoms with Crippen LogP contribution in [-0.2, 0) is 17.7 Å². The Balaban J connectivity index is 3.54. The Kier molecular flexibility index (Phi) is 10.1. The molecular formula is C9H21BrO4Si. The van der Waals surface area contributed by atoms with Crippen LogP contribution in [0.25, 0.3) is 0 Å². The molecule has 0 aromatic rings. The Morgan fingerprint density at radius 1 is 0.867 bits per heavy atom. The molecule has 0 aliphatic carbocycles. The first kappa shape index (κ1) is 15.5. The Labute approximate surface area is 102 Å². The summed E-state index contributed by atoms with van der Waals surface area (Å²) in [6.07, 6.45) is 4.60. The normalized spacial score (nSPS) is 12.0. The fourth-order valence-electron chi connectivity index (χ4n) is 1.17. The minimum atomic E-state index is -2.80. The van der Waals surface area contributed by atoms with E-state index in [2.05, 4.69) is 15.9 Å². The molecule has 0 atom stereocenters. The maximum absolute atomic E-state index is 5.52. The van der Waals surface area contributed by atoms with E-state index < -0.39 is 9.05 Å². The van der Waals surface area contributed by atoms with Crippen LogP contribution in [0.1, 0.15) is 25.7 Å². The summed E-state index contributed by atoms with van der Waals surface area (Å²) in [5.74, 6) is 0. The van der Waals surface area contributed by atoms with E-state index in [0.29, 0.717) is 6.61 Å². The highest BCUT2D eigenvalue weighted by molar-refractivity contribution is 9.09. The molecule has 0 bridgehead atoms. The number of hydrogen-bond acceptors (Lipinski definition) is 4. The van der Waals surface area contributed by atoms with Crippen molar-refractivity contribution in [3.63, 3.8) is 0 Å². The van der Waals surface area contributed by atoms with Gasteiger partial charge >= 0.3 is 9.05 Å². The summed E-state index contributed by atoms with van der Waals surface area (Å²) in [6, 6.07) is 0. The van der Waals surface area contributed by atoms with Crippen LogP contribution in [0.3, 0.4) is 0 Å². The molecule has 92 valence electrons. The molecule has 0 fully saturated rings. The van der Waals surface area contributed by atoms with Crippen LogP contribution in [0.5, 0.6) is 0 Å². The van der Waals surface area contributed by atoms with Crippen LogP contribution < -0.4 is 0 Å². The molecular weight excluding hydrogens is 280 g/mol. The molecule has 0 aromatic heterocycles. The zero-order valence-corrected chi connectivity index (χ0v) is 12.3. The summed E-state index contributed by atoms with van der Waals surface area (Å²) < 4.78 is 20.9. The van der Waals surface area contributed by atoms with Gasteiger partial charge in [-0.05, 0) is 12.8 Å². The average Bonchev–Trinajstić information content (AvgIpc) is 2.29. The largest absolute Gasteiger partial charge is 0.678 e. The summed E-state index contributed by atoms with van der Waals surface area (Å²) in [5, 5.41) is 1.07. The quantitative estimate of drug-likeness (QED) is 0.352. The minimum absolute atomic E-state index is 0.629. The summed E-state index contributed by atoms with van der Waals surface area (Å²) >= 11 is 3.40. The van der Waals surface area contributed by atoms with Gasteiger partial charge in [0.1, 0.15) is 0 Å². The van der Waals surface area contributed by atoms with Crippen LogP contribution in [0.4, 0.5) is 0 Å². The first-order valence-electron chi connectivity index (χ1n) is 5.10. The van der Waals surface area contributed by atoms with Crippen molar-refractivity contribution in [1.82, 2.24) is 0 Å². The predicted octanol–water partition coefficient (Wildman–Crippen LogP) is 2.33. The van der Waals surface area contributed by atoms with Gasteiger partial charge < -0.3 is 17.7 Å². The molecule has 0 spiro atoms. The highest BCUT2D eigenvalue weighted by atomic mass is 79.9. The SMILES string of the molecule is CO[Si](OC)(OC)OCCCCCCBr. The third-order valence-electron chi connectivity index (χ3n) is 2.06. The molecule has 0 rings (SSSR count). The van der Waals surface area contributed by atoms with Crippen molar-refractivity contribution in [2.24, 2.45) is 0 Å². The van der Waals surface area contributed by atoms with Gasteiger partial charge in [-0.15, -0.1) is 0 Å². The molecule has 15 heavy (non-hydrogen) atoms. The molecule has 0 N–H and O–H groups in total. The number of halogens is 1. The summed E-state index contributed by atoms with van der Waals surface area (Å²) in [7, 11) is 1.84. The molecule has 0 saturated heterocycles. The molecule has 0 radical (unpaired) electrons. The maximum atomic E-state index is 5.52. The minimum Gasteiger partial charge on any atom is -0.355 e. The first-order valence-corrected chi connectivity index (χ1v) is 7.85. The Morgan fingerprint density at radius 2 is 1.40 bits per heavy atom. The molecule has 0 aliphatic rings. The smallest absolute Gasteiger partial charge is 0.355 e. The van der Waals surface area contributed by atoms with E-state index in [0.717, 1.165) is 18.2 Å². The lowest BCUT2D eigenvalue weighted by atomic mass is 10.2. The van der Waals surface area contributed by atoms with E-state index in [1.807, 2.05) is 0 Å². The van der Waals surface area contributed by atoms with E-state index in [1.165, 1.54) is 12.8 Å². The van der Waals surface area contributed by atoms with Gasteiger partial charge in [0.2, 0.25) is 0 Å². The van der Waals surface area contributed by atoms with E-state index in [4.69, 9.17) is 17.7 Å². The van der Waals surface area contributed by atoms with Gasteiger partial charge in [-0.1, -0.05) is 28.8 Å². The van der Waals surface area contributed by atoms with Gasteiger partial charge in [0.15, 0.2) is 0 Å². The van der Waals surface area contributed by atoms with E-state index in [9.17, 15) is 0 Å². The van der Waals surface area contributed by atoms with Crippen molar-refractivity contribution in [2.75, 3.05) is 33.3 Å². The second-order valence-electron chi connectivity index (χ2n) is 3.06. The van der Waals surface area contributed by atoms with Gasteiger partial charge in [0, 0.05) is 33.3 Å². The second-order valence-corrected chi connectivity index (χ2v) is 6.37. The van der Waals surface area contributed by atoms with Crippen molar-refractivity contribution in [3.8, 4) is 0 Å². The monoisotopic (exact) mass is 300 g/mol. The van der Waals surface area contributed by atoms with Crippen LogP contribution in [0.2, 0.25) is 0 Å². The lowest BCUT2D eigenvalue weighted by molar-refractivity contribution is 0.00506. The van der Waals surface area contributed by atoms with Crippen molar-refractivity contribution in [1.29, 1.82) is 0 Å². The first-order chi connectivity index (χ1) is 7.24. The van der Waals surface area contributed by atoms with Gasteiger partial charge in [-0.2, -0.15) is 0 Å². The van der Waals surface area contributed by atoms with Gasteiger partial charge in [-0.25, -0.2) is 0 Å². The molecule has 4 nitrogen and oxygen atoms in total. The fraction of sp³-hybridized carbons (Fsp3) is 1.00. The van der Waals surface area contributed by atoms with Gasteiger partial charge in [-0.3, -0.25) is 0 Å². The topological polar surface area (TPSA) is 36.9 Å². The highest BCUT2D eigenvalue weighted by Crippen LogP contribution is 2.10. The van der Waals surface area contributed by atoms with Crippen LogP contribution in [-0.4, -0.2) is 42.3 Å². The Bertz CT molecular complexity index is 136. The number of hydrogen-bond donors (Lipinski definition) is 0.